The van der Waals surface area contributed by atoms with Crippen molar-refractivity contribution in [3.8, 4) is 0 Å². The number of anilines is 2. The summed E-state index contributed by atoms with van der Waals surface area (Å²) in [7, 11) is 0. The summed E-state index contributed by atoms with van der Waals surface area (Å²) in [5, 5.41) is 0. The average molecular weight is 190 g/mol. The monoisotopic (exact) mass is 190 g/mol. The van der Waals surface area contributed by atoms with Crippen LogP contribution in [-0.2, 0) is 0 Å². The molecule has 2 N–H and O–H groups in total. The Labute approximate surface area is 85.7 Å². The maximum absolute atomic E-state index is 5.85. The van der Waals surface area contributed by atoms with Crippen molar-refractivity contribution in [3.63, 3.8) is 0 Å². The van der Waals surface area contributed by atoms with Crippen LogP contribution in [0.2, 0.25) is 0 Å². The van der Waals surface area contributed by atoms with Gasteiger partial charge < -0.3 is 10.6 Å². The minimum atomic E-state index is 0.663. The number of nitrogens with two attached hydrogens (primary N) is 1. The summed E-state index contributed by atoms with van der Waals surface area (Å²) in [4.78, 5) is 2.45. The summed E-state index contributed by atoms with van der Waals surface area (Å²) in [6.45, 7) is 5.55. The summed E-state index contributed by atoms with van der Waals surface area (Å²) in [6.07, 6.45) is 2.60. The third kappa shape index (κ3) is 1.69. The van der Waals surface area contributed by atoms with Crippen LogP contribution < -0.4 is 10.6 Å². The Morgan fingerprint density at radius 3 is 2.71 bits per heavy atom. The van der Waals surface area contributed by atoms with Gasteiger partial charge in [-0.3, -0.25) is 0 Å². The van der Waals surface area contributed by atoms with E-state index in [1.54, 1.807) is 0 Å². The van der Waals surface area contributed by atoms with Crippen LogP contribution in [0.25, 0.3) is 0 Å². The van der Waals surface area contributed by atoms with Crippen LogP contribution in [0, 0.1) is 6.92 Å². The molecule has 2 rings (SSSR count). The molecule has 2 nitrogen and oxygen atoms in total. The fourth-order valence-corrected chi connectivity index (χ4v) is 2.27. The topological polar surface area (TPSA) is 29.3 Å². The molecule has 0 saturated carbocycles. The van der Waals surface area contributed by atoms with Gasteiger partial charge >= 0.3 is 0 Å². The molecule has 0 bridgehead atoms. The highest BCUT2D eigenvalue weighted by molar-refractivity contribution is 5.59. The molecule has 1 heterocycles. The van der Waals surface area contributed by atoms with E-state index in [4.69, 9.17) is 5.73 Å². The molecule has 1 saturated heterocycles. The summed E-state index contributed by atoms with van der Waals surface area (Å²) in [6, 6.07) is 6.98. The minimum absolute atomic E-state index is 0.663. The van der Waals surface area contributed by atoms with Crippen molar-refractivity contribution in [2.75, 3.05) is 17.2 Å². The zero-order chi connectivity index (χ0) is 10.1. The SMILES string of the molecule is Cc1cc(N)cc(N2CCCC2C)c1. The van der Waals surface area contributed by atoms with Gasteiger partial charge in [0.2, 0.25) is 0 Å². The van der Waals surface area contributed by atoms with Crippen LogP contribution in [0.5, 0.6) is 0 Å². The molecule has 1 aromatic rings. The van der Waals surface area contributed by atoms with Gasteiger partial charge in [-0.15, -0.1) is 0 Å². The molecule has 14 heavy (non-hydrogen) atoms. The third-order valence-electron chi connectivity index (χ3n) is 2.97. The quantitative estimate of drug-likeness (QED) is 0.690. The van der Waals surface area contributed by atoms with Crippen LogP contribution in [0.4, 0.5) is 11.4 Å². The molecule has 0 amide bonds. The fraction of sp³-hybridized carbons (Fsp3) is 0.500. The maximum Gasteiger partial charge on any atom is 0.0391 e. The van der Waals surface area contributed by atoms with E-state index in [-0.39, 0.29) is 0 Å². The van der Waals surface area contributed by atoms with Gasteiger partial charge in [-0.1, -0.05) is 0 Å². The van der Waals surface area contributed by atoms with Gasteiger partial charge in [0.25, 0.3) is 0 Å². The number of rotatable bonds is 1. The van der Waals surface area contributed by atoms with E-state index in [1.165, 1.54) is 30.6 Å². The summed E-state index contributed by atoms with van der Waals surface area (Å²) in [5.74, 6) is 0. The first-order valence-corrected chi connectivity index (χ1v) is 5.30. The van der Waals surface area contributed by atoms with Gasteiger partial charge in [0, 0.05) is 24.0 Å². The Balaban J connectivity index is 2.31. The Hall–Kier alpha value is -1.18. The average Bonchev–Trinajstić information content (AvgIpc) is 2.49. The van der Waals surface area contributed by atoms with E-state index in [2.05, 4.69) is 30.9 Å². The van der Waals surface area contributed by atoms with E-state index in [0.29, 0.717) is 6.04 Å². The molecule has 1 aliphatic heterocycles. The predicted molar refractivity (Wildman–Crippen MR) is 61.6 cm³/mol. The number of nitrogen functional groups attached to an aromatic ring is 1. The molecule has 76 valence electrons. The molecule has 1 aromatic carbocycles. The lowest BCUT2D eigenvalue weighted by molar-refractivity contribution is 0.735. The first-order chi connectivity index (χ1) is 6.66. The number of aryl methyl sites for hydroxylation is 1. The molecule has 1 unspecified atom stereocenters. The highest BCUT2D eigenvalue weighted by Gasteiger charge is 2.20. The van der Waals surface area contributed by atoms with Crippen LogP contribution in [0.1, 0.15) is 25.3 Å². The maximum atomic E-state index is 5.85. The standard InChI is InChI=1S/C12H18N2/c1-9-6-11(13)8-12(7-9)14-5-3-4-10(14)2/h6-8,10H,3-5,13H2,1-2H3. The van der Waals surface area contributed by atoms with Gasteiger partial charge in [0.1, 0.15) is 0 Å². The van der Waals surface area contributed by atoms with Crippen molar-refractivity contribution in [1.82, 2.24) is 0 Å². The summed E-state index contributed by atoms with van der Waals surface area (Å²) >= 11 is 0. The van der Waals surface area contributed by atoms with Crippen molar-refractivity contribution in [3.05, 3.63) is 23.8 Å². The second-order valence-electron chi connectivity index (χ2n) is 4.29. The van der Waals surface area contributed by atoms with Gasteiger partial charge in [-0.05, 0) is 50.5 Å². The van der Waals surface area contributed by atoms with Gasteiger partial charge in [0.05, 0.1) is 0 Å². The molecule has 1 fully saturated rings. The molecule has 0 radical (unpaired) electrons. The second-order valence-corrected chi connectivity index (χ2v) is 4.29. The van der Waals surface area contributed by atoms with E-state index in [1.807, 2.05) is 6.07 Å². The highest BCUT2D eigenvalue weighted by Crippen LogP contribution is 2.27. The summed E-state index contributed by atoms with van der Waals surface area (Å²) in [5.41, 5.74) is 9.25. The molecule has 0 aliphatic carbocycles. The number of nitrogens with zero attached hydrogens (tertiary/aromatic N) is 1. The third-order valence-corrected chi connectivity index (χ3v) is 2.97. The lowest BCUT2D eigenvalue weighted by atomic mass is 10.1. The molecular weight excluding hydrogens is 172 g/mol. The zero-order valence-corrected chi connectivity index (χ0v) is 8.96. The van der Waals surface area contributed by atoms with Crippen LogP contribution in [0.3, 0.4) is 0 Å². The van der Waals surface area contributed by atoms with Gasteiger partial charge in [-0.2, -0.15) is 0 Å². The number of hydrogen-bond donors (Lipinski definition) is 1. The van der Waals surface area contributed by atoms with E-state index < -0.39 is 0 Å². The summed E-state index contributed by atoms with van der Waals surface area (Å²) < 4.78 is 0. The van der Waals surface area contributed by atoms with Gasteiger partial charge in [-0.25, -0.2) is 0 Å². The molecule has 0 aromatic heterocycles. The van der Waals surface area contributed by atoms with Crippen molar-refractivity contribution in [1.29, 1.82) is 0 Å². The molecule has 2 heteroatoms. The van der Waals surface area contributed by atoms with Crippen molar-refractivity contribution >= 4 is 11.4 Å². The van der Waals surface area contributed by atoms with E-state index in [9.17, 15) is 0 Å². The molecular formula is C12H18N2. The van der Waals surface area contributed by atoms with Crippen LogP contribution in [0.15, 0.2) is 18.2 Å². The molecule has 0 spiro atoms. The number of benzene rings is 1. The smallest absolute Gasteiger partial charge is 0.0391 e. The Kier molecular flexibility index (Phi) is 2.36. The first kappa shape index (κ1) is 9.38. The van der Waals surface area contributed by atoms with Gasteiger partial charge in [0.15, 0.2) is 0 Å². The minimum Gasteiger partial charge on any atom is -0.399 e. The fourth-order valence-electron chi connectivity index (χ4n) is 2.27. The van der Waals surface area contributed by atoms with Crippen molar-refractivity contribution < 1.29 is 0 Å². The predicted octanol–water partition coefficient (Wildman–Crippen LogP) is 2.57. The lowest BCUT2D eigenvalue weighted by Gasteiger charge is -2.24. The first-order valence-electron chi connectivity index (χ1n) is 5.30. The van der Waals surface area contributed by atoms with Crippen molar-refractivity contribution in [2.24, 2.45) is 0 Å². The number of hydrogen-bond acceptors (Lipinski definition) is 2. The van der Waals surface area contributed by atoms with Crippen LogP contribution >= 0.6 is 0 Å². The lowest BCUT2D eigenvalue weighted by Crippen LogP contribution is -2.26. The largest absolute Gasteiger partial charge is 0.399 e. The zero-order valence-electron chi connectivity index (χ0n) is 8.96. The van der Waals surface area contributed by atoms with E-state index >= 15 is 0 Å². The highest BCUT2D eigenvalue weighted by atomic mass is 15.2. The van der Waals surface area contributed by atoms with Crippen LogP contribution in [-0.4, -0.2) is 12.6 Å². The Morgan fingerprint density at radius 1 is 1.36 bits per heavy atom. The normalized spacial score (nSPS) is 21.6. The van der Waals surface area contributed by atoms with Crippen molar-refractivity contribution in [2.45, 2.75) is 32.7 Å². The molecule has 1 aliphatic rings. The Morgan fingerprint density at radius 2 is 2.14 bits per heavy atom. The second kappa shape index (κ2) is 3.52. The van der Waals surface area contributed by atoms with E-state index in [0.717, 1.165) is 5.69 Å². The Bertz CT molecular complexity index is 313. The molecule has 1 atom stereocenters.